The number of carboxylic acids is 1. The van der Waals surface area contributed by atoms with Gasteiger partial charge in [-0.2, -0.15) is 0 Å². The fourth-order valence-electron chi connectivity index (χ4n) is 2.73. The van der Waals surface area contributed by atoms with Crippen LogP contribution in [0.5, 0.6) is 11.5 Å². The molecule has 0 bridgehead atoms. The number of carboxylic acid groups (broad SMARTS) is 1. The SMILES string of the molecule is O=C(O)C1CCCN1C(=O)c1ccc2c(c1)OCCCO2. The molecule has 6 heteroatoms. The van der Waals surface area contributed by atoms with Crippen molar-refractivity contribution in [1.82, 2.24) is 4.90 Å². The molecule has 6 nitrogen and oxygen atoms in total. The number of aliphatic carboxylic acids is 1. The van der Waals surface area contributed by atoms with E-state index in [2.05, 4.69) is 0 Å². The van der Waals surface area contributed by atoms with Crippen LogP contribution < -0.4 is 9.47 Å². The van der Waals surface area contributed by atoms with Crippen LogP contribution in [0.4, 0.5) is 0 Å². The molecule has 2 aliphatic heterocycles. The number of fused-ring (bicyclic) bond motifs is 1. The molecule has 112 valence electrons. The van der Waals surface area contributed by atoms with Crippen molar-refractivity contribution in [1.29, 1.82) is 0 Å². The van der Waals surface area contributed by atoms with Gasteiger partial charge in [0.15, 0.2) is 11.5 Å². The maximum atomic E-state index is 12.5. The Balaban J connectivity index is 1.85. The van der Waals surface area contributed by atoms with Gasteiger partial charge in [0.1, 0.15) is 6.04 Å². The molecule has 0 spiro atoms. The molecule has 1 aromatic rings. The Kier molecular flexibility index (Phi) is 3.68. The van der Waals surface area contributed by atoms with Crippen molar-refractivity contribution in [2.24, 2.45) is 0 Å². The minimum atomic E-state index is -0.949. The lowest BCUT2D eigenvalue weighted by molar-refractivity contribution is -0.141. The van der Waals surface area contributed by atoms with Gasteiger partial charge in [-0.25, -0.2) is 4.79 Å². The largest absolute Gasteiger partial charge is 0.490 e. The van der Waals surface area contributed by atoms with Gasteiger partial charge in [0.05, 0.1) is 13.2 Å². The van der Waals surface area contributed by atoms with E-state index in [1.165, 1.54) is 4.90 Å². The monoisotopic (exact) mass is 291 g/mol. The lowest BCUT2D eigenvalue weighted by Crippen LogP contribution is -2.40. The summed E-state index contributed by atoms with van der Waals surface area (Å²) in [6.07, 6.45) is 2.02. The molecule has 1 amide bonds. The second-order valence-electron chi connectivity index (χ2n) is 5.21. The van der Waals surface area contributed by atoms with E-state index in [0.29, 0.717) is 49.7 Å². The average Bonchev–Trinajstić information content (AvgIpc) is 2.85. The highest BCUT2D eigenvalue weighted by Gasteiger charge is 2.34. The Morgan fingerprint density at radius 3 is 2.67 bits per heavy atom. The molecule has 1 atom stereocenters. The Morgan fingerprint density at radius 2 is 1.90 bits per heavy atom. The number of hydrogen-bond acceptors (Lipinski definition) is 4. The Hall–Kier alpha value is -2.24. The highest BCUT2D eigenvalue weighted by molar-refractivity contribution is 5.97. The number of benzene rings is 1. The first kappa shape index (κ1) is 13.7. The second-order valence-corrected chi connectivity index (χ2v) is 5.21. The summed E-state index contributed by atoms with van der Waals surface area (Å²) < 4.78 is 11.1. The van der Waals surface area contributed by atoms with E-state index in [0.717, 1.165) is 6.42 Å². The molecular formula is C15H17NO5. The number of carbonyl (C=O) groups excluding carboxylic acids is 1. The van der Waals surface area contributed by atoms with Crippen molar-refractivity contribution < 1.29 is 24.2 Å². The third kappa shape index (κ3) is 2.66. The lowest BCUT2D eigenvalue weighted by atomic mass is 10.1. The molecule has 1 saturated heterocycles. The van der Waals surface area contributed by atoms with Crippen LogP contribution in [0.3, 0.4) is 0 Å². The zero-order valence-corrected chi connectivity index (χ0v) is 11.6. The number of rotatable bonds is 2. The molecule has 1 unspecified atom stereocenters. The third-order valence-electron chi connectivity index (χ3n) is 3.79. The quantitative estimate of drug-likeness (QED) is 0.894. The third-order valence-corrected chi connectivity index (χ3v) is 3.79. The van der Waals surface area contributed by atoms with Gasteiger partial charge >= 0.3 is 5.97 Å². The van der Waals surface area contributed by atoms with Gasteiger partial charge < -0.3 is 19.5 Å². The minimum absolute atomic E-state index is 0.268. The summed E-state index contributed by atoms with van der Waals surface area (Å²) in [4.78, 5) is 25.1. The maximum absolute atomic E-state index is 12.5. The Labute approximate surface area is 122 Å². The highest BCUT2D eigenvalue weighted by Crippen LogP contribution is 2.31. The highest BCUT2D eigenvalue weighted by atomic mass is 16.5. The van der Waals surface area contributed by atoms with Gasteiger partial charge in [0, 0.05) is 18.5 Å². The van der Waals surface area contributed by atoms with E-state index in [4.69, 9.17) is 9.47 Å². The van der Waals surface area contributed by atoms with Crippen LogP contribution in [-0.2, 0) is 4.79 Å². The molecule has 2 aliphatic rings. The van der Waals surface area contributed by atoms with Gasteiger partial charge in [0.25, 0.3) is 5.91 Å². The summed E-state index contributed by atoms with van der Waals surface area (Å²) >= 11 is 0. The molecule has 0 saturated carbocycles. The van der Waals surface area contributed by atoms with Gasteiger partial charge in [-0.1, -0.05) is 0 Å². The summed E-state index contributed by atoms with van der Waals surface area (Å²) in [5, 5.41) is 9.17. The molecule has 3 rings (SSSR count). The predicted molar refractivity (Wildman–Crippen MR) is 73.7 cm³/mol. The van der Waals surface area contributed by atoms with Crippen molar-refractivity contribution >= 4 is 11.9 Å². The number of carbonyl (C=O) groups is 2. The first-order chi connectivity index (χ1) is 10.2. The fourth-order valence-corrected chi connectivity index (χ4v) is 2.73. The molecule has 1 aromatic carbocycles. The standard InChI is InChI=1S/C15H17NO5/c17-14(16-6-1-3-11(16)15(18)19)10-4-5-12-13(9-10)21-8-2-7-20-12/h4-5,9,11H,1-3,6-8H2,(H,18,19). The van der Waals surface area contributed by atoms with Crippen LogP contribution in [-0.4, -0.2) is 47.7 Å². The molecule has 0 aromatic heterocycles. The number of nitrogens with zero attached hydrogens (tertiary/aromatic N) is 1. The minimum Gasteiger partial charge on any atom is -0.490 e. The van der Waals surface area contributed by atoms with Gasteiger partial charge in [-0.05, 0) is 31.0 Å². The number of likely N-dealkylation sites (tertiary alicyclic amines) is 1. The number of ether oxygens (including phenoxy) is 2. The maximum Gasteiger partial charge on any atom is 0.326 e. The summed E-state index contributed by atoms with van der Waals surface area (Å²) in [5.41, 5.74) is 0.437. The summed E-state index contributed by atoms with van der Waals surface area (Å²) in [5.74, 6) is -0.0459. The van der Waals surface area contributed by atoms with Crippen LogP contribution in [0.1, 0.15) is 29.6 Å². The van der Waals surface area contributed by atoms with Crippen LogP contribution in [0, 0.1) is 0 Å². The molecule has 0 aliphatic carbocycles. The van der Waals surface area contributed by atoms with Crippen LogP contribution in [0.25, 0.3) is 0 Å². The summed E-state index contributed by atoms with van der Waals surface area (Å²) in [6.45, 7) is 1.61. The zero-order valence-electron chi connectivity index (χ0n) is 11.6. The molecule has 1 N–H and O–H groups in total. The van der Waals surface area contributed by atoms with Crippen LogP contribution >= 0.6 is 0 Å². The van der Waals surface area contributed by atoms with E-state index in [-0.39, 0.29) is 5.91 Å². The lowest BCUT2D eigenvalue weighted by Gasteiger charge is -2.21. The number of hydrogen-bond donors (Lipinski definition) is 1. The van der Waals surface area contributed by atoms with Gasteiger partial charge in [0.2, 0.25) is 0 Å². The molecule has 1 fully saturated rings. The predicted octanol–water partition coefficient (Wildman–Crippen LogP) is 1.54. The normalized spacial score (nSPS) is 21.0. The molecule has 2 heterocycles. The smallest absolute Gasteiger partial charge is 0.326 e. The van der Waals surface area contributed by atoms with E-state index in [9.17, 15) is 14.7 Å². The average molecular weight is 291 g/mol. The van der Waals surface area contributed by atoms with Crippen molar-refractivity contribution in [3.05, 3.63) is 23.8 Å². The topological polar surface area (TPSA) is 76.1 Å². The second kappa shape index (κ2) is 5.63. The zero-order chi connectivity index (χ0) is 14.8. The van der Waals surface area contributed by atoms with E-state index < -0.39 is 12.0 Å². The number of amides is 1. The van der Waals surface area contributed by atoms with Crippen LogP contribution in [0.2, 0.25) is 0 Å². The van der Waals surface area contributed by atoms with Crippen LogP contribution in [0.15, 0.2) is 18.2 Å². The molecular weight excluding hydrogens is 274 g/mol. The van der Waals surface area contributed by atoms with E-state index in [1.54, 1.807) is 18.2 Å². The van der Waals surface area contributed by atoms with Crippen molar-refractivity contribution in [2.75, 3.05) is 19.8 Å². The van der Waals surface area contributed by atoms with Crippen molar-refractivity contribution in [2.45, 2.75) is 25.3 Å². The van der Waals surface area contributed by atoms with Gasteiger partial charge in [-0.3, -0.25) is 4.79 Å². The van der Waals surface area contributed by atoms with Gasteiger partial charge in [-0.15, -0.1) is 0 Å². The Morgan fingerprint density at radius 1 is 1.14 bits per heavy atom. The Bertz CT molecular complexity index is 571. The summed E-state index contributed by atoms with van der Waals surface area (Å²) in [6, 6.07) is 4.28. The first-order valence-electron chi connectivity index (χ1n) is 7.10. The van der Waals surface area contributed by atoms with E-state index in [1.807, 2.05) is 0 Å². The first-order valence-corrected chi connectivity index (χ1v) is 7.10. The van der Waals surface area contributed by atoms with E-state index >= 15 is 0 Å². The summed E-state index contributed by atoms with van der Waals surface area (Å²) in [7, 11) is 0. The fraction of sp³-hybridized carbons (Fsp3) is 0.467. The van der Waals surface area contributed by atoms with Crippen molar-refractivity contribution in [3.8, 4) is 11.5 Å². The van der Waals surface area contributed by atoms with Crippen molar-refractivity contribution in [3.63, 3.8) is 0 Å². The molecule has 0 radical (unpaired) electrons. The molecule has 21 heavy (non-hydrogen) atoms.